The van der Waals surface area contributed by atoms with Crippen molar-refractivity contribution in [3.8, 4) is 11.6 Å². The van der Waals surface area contributed by atoms with Crippen molar-refractivity contribution >= 4 is 11.8 Å². The van der Waals surface area contributed by atoms with E-state index in [2.05, 4.69) is 4.98 Å². The monoisotopic (exact) mass is 247 g/mol. The Balaban J connectivity index is 2.63. The Kier molecular flexibility index (Phi) is 3.49. The number of para-hydroxylation sites is 1. The van der Waals surface area contributed by atoms with Gasteiger partial charge in [0.15, 0.2) is 5.16 Å². The van der Waals surface area contributed by atoms with E-state index in [1.54, 1.807) is 0 Å². The van der Waals surface area contributed by atoms with Crippen LogP contribution in [-0.4, -0.2) is 15.3 Å². The summed E-state index contributed by atoms with van der Waals surface area (Å²) >= 11 is 1.38. The zero-order valence-corrected chi connectivity index (χ0v) is 10.1. The molecule has 0 amide bonds. The Bertz CT molecular complexity index is 566. The normalized spacial score (nSPS) is 10.4. The fourth-order valence-corrected chi connectivity index (χ4v) is 2.22. The molecule has 0 saturated heterocycles. The van der Waals surface area contributed by atoms with E-state index in [1.807, 2.05) is 37.3 Å². The van der Waals surface area contributed by atoms with Crippen molar-refractivity contribution in [2.75, 3.05) is 5.75 Å². The smallest absolute Gasteiger partial charge is 0.258 e. The summed E-state index contributed by atoms with van der Waals surface area (Å²) in [6.45, 7) is 1.95. The van der Waals surface area contributed by atoms with Gasteiger partial charge in [0.25, 0.3) is 5.56 Å². The quantitative estimate of drug-likeness (QED) is 0.608. The first kappa shape index (κ1) is 11.7. The fourth-order valence-electron chi connectivity index (χ4n) is 1.48. The van der Waals surface area contributed by atoms with E-state index in [1.165, 1.54) is 16.3 Å². The molecule has 0 N–H and O–H groups in total. The summed E-state index contributed by atoms with van der Waals surface area (Å²) in [5.74, 6) is 0.265. The van der Waals surface area contributed by atoms with Crippen molar-refractivity contribution < 1.29 is 5.11 Å². The highest BCUT2D eigenvalue weighted by molar-refractivity contribution is 7.99. The number of thioether (sulfide) groups is 1. The molecule has 0 aliphatic carbocycles. The molecule has 0 aliphatic heterocycles. The standard InChI is InChI=1S/C12H12N2O2S/c1-2-17-12-13-10(15)8-11(16)14(12)9-6-4-3-5-7-9/h3-8,15H,2H2,1H3/p-1. The third-order valence-corrected chi connectivity index (χ3v) is 2.97. The molecule has 0 fully saturated rings. The molecule has 0 bridgehead atoms. The van der Waals surface area contributed by atoms with Gasteiger partial charge < -0.3 is 5.11 Å². The zero-order valence-electron chi connectivity index (χ0n) is 9.29. The molecule has 1 aromatic heterocycles. The van der Waals surface area contributed by atoms with Gasteiger partial charge in [0.1, 0.15) is 0 Å². The maximum Gasteiger partial charge on any atom is 0.258 e. The lowest BCUT2D eigenvalue weighted by molar-refractivity contribution is -0.276. The van der Waals surface area contributed by atoms with Crippen LogP contribution >= 0.6 is 11.8 Å². The highest BCUT2D eigenvalue weighted by atomic mass is 32.2. The second kappa shape index (κ2) is 5.05. The lowest BCUT2D eigenvalue weighted by Crippen LogP contribution is -2.21. The van der Waals surface area contributed by atoms with E-state index in [0.29, 0.717) is 5.16 Å². The van der Waals surface area contributed by atoms with Crippen LogP contribution in [0.25, 0.3) is 5.69 Å². The molecule has 0 atom stereocenters. The van der Waals surface area contributed by atoms with Crippen LogP contribution < -0.4 is 10.7 Å². The summed E-state index contributed by atoms with van der Waals surface area (Å²) in [6.07, 6.45) is 0. The molecular weight excluding hydrogens is 236 g/mol. The largest absolute Gasteiger partial charge is 0.858 e. The summed E-state index contributed by atoms with van der Waals surface area (Å²) < 4.78 is 1.45. The van der Waals surface area contributed by atoms with Gasteiger partial charge in [-0.05, 0) is 23.8 Å². The summed E-state index contributed by atoms with van der Waals surface area (Å²) in [6, 6.07) is 10.2. The molecule has 1 heterocycles. The topological polar surface area (TPSA) is 58.0 Å². The van der Waals surface area contributed by atoms with Crippen molar-refractivity contribution in [1.82, 2.24) is 9.55 Å². The van der Waals surface area contributed by atoms with Crippen molar-refractivity contribution in [2.45, 2.75) is 12.1 Å². The van der Waals surface area contributed by atoms with Crippen LogP contribution in [0.5, 0.6) is 5.88 Å². The molecule has 0 unspecified atom stereocenters. The van der Waals surface area contributed by atoms with Gasteiger partial charge in [-0.1, -0.05) is 36.9 Å². The second-order valence-corrected chi connectivity index (χ2v) is 4.55. The highest BCUT2D eigenvalue weighted by Crippen LogP contribution is 2.18. The first-order valence-corrected chi connectivity index (χ1v) is 6.20. The molecule has 5 heteroatoms. The van der Waals surface area contributed by atoms with E-state index < -0.39 is 5.88 Å². The minimum atomic E-state index is -0.488. The fraction of sp³-hybridized carbons (Fsp3) is 0.167. The Morgan fingerprint density at radius 2 is 2.06 bits per heavy atom. The molecule has 2 rings (SSSR count). The summed E-state index contributed by atoms with van der Waals surface area (Å²) in [5.41, 5.74) is 0.383. The summed E-state index contributed by atoms with van der Waals surface area (Å²) in [7, 11) is 0. The summed E-state index contributed by atoms with van der Waals surface area (Å²) in [4.78, 5) is 15.7. The molecular formula is C12H11N2O2S-. The van der Waals surface area contributed by atoms with Gasteiger partial charge in [0.05, 0.1) is 5.69 Å². The van der Waals surface area contributed by atoms with Crippen molar-refractivity contribution in [3.63, 3.8) is 0 Å². The number of benzene rings is 1. The van der Waals surface area contributed by atoms with E-state index in [4.69, 9.17) is 0 Å². The van der Waals surface area contributed by atoms with Crippen LogP contribution in [0.3, 0.4) is 0 Å². The minimum absolute atomic E-state index is 0.341. The Morgan fingerprint density at radius 1 is 1.35 bits per heavy atom. The van der Waals surface area contributed by atoms with Gasteiger partial charge in [0.2, 0.25) is 0 Å². The zero-order chi connectivity index (χ0) is 12.3. The third-order valence-electron chi connectivity index (χ3n) is 2.15. The van der Waals surface area contributed by atoms with Crippen molar-refractivity contribution in [3.05, 3.63) is 46.8 Å². The molecule has 1 aromatic carbocycles. The lowest BCUT2D eigenvalue weighted by Gasteiger charge is -2.13. The lowest BCUT2D eigenvalue weighted by atomic mass is 10.3. The Labute approximate surface area is 103 Å². The highest BCUT2D eigenvalue weighted by Gasteiger charge is 2.07. The average molecular weight is 247 g/mol. The molecule has 17 heavy (non-hydrogen) atoms. The number of hydrogen-bond acceptors (Lipinski definition) is 4. The van der Waals surface area contributed by atoms with Crippen molar-refractivity contribution in [2.24, 2.45) is 0 Å². The van der Waals surface area contributed by atoms with Crippen molar-refractivity contribution in [1.29, 1.82) is 0 Å². The predicted octanol–water partition coefficient (Wildman–Crippen LogP) is 1.42. The van der Waals surface area contributed by atoms with Crippen LogP contribution in [-0.2, 0) is 0 Å². The van der Waals surface area contributed by atoms with E-state index in [9.17, 15) is 9.90 Å². The SMILES string of the molecule is CCSc1nc([O-])cc(=O)n1-c1ccccc1. The van der Waals surface area contributed by atoms with Gasteiger partial charge in [-0.2, -0.15) is 0 Å². The van der Waals surface area contributed by atoms with E-state index in [-0.39, 0.29) is 5.56 Å². The van der Waals surface area contributed by atoms with Crippen LogP contribution in [0.1, 0.15) is 6.92 Å². The molecule has 2 aromatic rings. The molecule has 4 nitrogen and oxygen atoms in total. The van der Waals surface area contributed by atoms with Gasteiger partial charge in [-0.15, -0.1) is 0 Å². The molecule has 0 aliphatic rings. The van der Waals surface area contributed by atoms with Crippen LogP contribution in [0.15, 0.2) is 46.3 Å². The van der Waals surface area contributed by atoms with Crippen LogP contribution in [0, 0.1) is 0 Å². The molecule has 88 valence electrons. The number of aromatic nitrogens is 2. The second-order valence-electron chi connectivity index (χ2n) is 3.32. The van der Waals surface area contributed by atoms with Gasteiger partial charge in [0, 0.05) is 6.07 Å². The van der Waals surface area contributed by atoms with Gasteiger partial charge in [-0.3, -0.25) is 9.36 Å². The van der Waals surface area contributed by atoms with Gasteiger partial charge >= 0.3 is 0 Å². The first-order valence-electron chi connectivity index (χ1n) is 5.21. The van der Waals surface area contributed by atoms with Crippen LogP contribution in [0.2, 0.25) is 0 Å². The van der Waals surface area contributed by atoms with E-state index in [0.717, 1.165) is 17.5 Å². The van der Waals surface area contributed by atoms with Crippen LogP contribution in [0.4, 0.5) is 0 Å². The molecule has 0 spiro atoms. The number of rotatable bonds is 3. The third kappa shape index (κ3) is 2.50. The minimum Gasteiger partial charge on any atom is -0.858 e. The molecule has 0 radical (unpaired) electrons. The predicted molar refractivity (Wildman–Crippen MR) is 65.7 cm³/mol. The Hall–Kier alpha value is -1.75. The number of hydrogen-bond donors (Lipinski definition) is 0. The number of nitrogens with zero attached hydrogens (tertiary/aromatic N) is 2. The maximum absolute atomic E-state index is 11.8. The Morgan fingerprint density at radius 3 is 2.71 bits per heavy atom. The van der Waals surface area contributed by atoms with E-state index >= 15 is 0 Å². The van der Waals surface area contributed by atoms with Gasteiger partial charge in [-0.25, -0.2) is 4.98 Å². The molecule has 0 saturated carbocycles. The average Bonchev–Trinajstić information content (AvgIpc) is 2.30. The summed E-state index contributed by atoms with van der Waals surface area (Å²) in [5, 5.41) is 11.7. The first-order chi connectivity index (χ1) is 8.22. The maximum atomic E-state index is 11.8.